The topological polar surface area (TPSA) is 20.2 Å². The second-order valence-corrected chi connectivity index (χ2v) is 9.85. The molecular formula is C23H40O. The van der Waals surface area contributed by atoms with Crippen LogP contribution in [0.1, 0.15) is 103 Å². The first kappa shape index (κ1) is 17.4. The molecule has 0 bridgehead atoms. The lowest BCUT2D eigenvalue weighted by Gasteiger charge is -2.50. The maximum atomic E-state index is 10.0. The minimum atomic E-state index is 0.0158. The van der Waals surface area contributed by atoms with Gasteiger partial charge in [0.15, 0.2) is 0 Å². The van der Waals surface area contributed by atoms with Crippen molar-refractivity contribution in [2.45, 2.75) is 109 Å². The molecule has 24 heavy (non-hydrogen) atoms. The van der Waals surface area contributed by atoms with Crippen LogP contribution in [0.2, 0.25) is 0 Å². The Labute approximate surface area is 150 Å². The lowest BCUT2D eigenvalue weighted by molar-refractivity contribution is -0.0174. The fourth-order valence-corrected chi connectivity index (χ4v) is 7.56. The molecule has 0 saturated heterocycles. The number of rotatable bonds is 3. The molecule has 0 amide bonds. The van der Waals surface area contributed by atoms with Crippen molar-refractivity contribution in [3.05, 3.63) is 0 Å². The van der Waals surface area contributed by atoms with Gasteiger partial charge in [-0.25, -0.2) is 0 Å². The van der Waals surface area contributed by atoms with E-state index in [0.29, 0.717) is 0 Å². The van der Waals surface area contributed by atoms with Gasteiger partial charge in [-0.05, 0) is 74.0 Å². The summed E-state index contributed by atoms with van der Waals surface area (Å²) in [5.41, 5.74) is 0. The Kier molecular flexibility index (Phi) is 5.87. The van der Waals surface area contributed by atoms with Crippen LogP contribution in [0.4, 0.5) is 0 Å². The summed E-state index contributed by atoms with van der Waals surface area (Å²) in [6.07, 6.45) is 23.1. The molecule has 4 fully saturated rings. The monoisotopic (exact) mass is 332 g/mol. The first-order valence-corrected chi connectivity index (χ1v) is 11.5. The molecule has 0 aromatic carbocycles. The van der Waals surface area contributed by atoms with E-state index < -0.39 is 0 Å². The van der Waals surface area contributed by atoms with Crippen LogP contribution in [0.25, 0.3) is 0 Å². The van der Waals surface area contributed by atoms with E-state index in [1.54, 1.807) is 25.7 Å². The molecule has 4 aliphatic rings. The lowest BCUT2D eigenvalue weighted by atomic mass is 9.55. The molecule has 1 heteroatoms. The molecule has 138 valence electrons. The molecule has 4 unspecified atom stereocenters. The van der Waals surface area contributed by atoms with E-state index in [9.17, 15) is 5.11 Å². The zero-order chi connectivity index (χ0) is 16.4. The normalized spacial score (nSPS) is 43.1. The van der Waals surface area contributed by atoms with Crippen LogP contribution in [0.3, 0.4) is 0 Å². The molecule has 0 radical (unpaired) electrons. The largest absolute Gasteiger partial charge is 0.393 e. The van der Waals surface area contributed by atoms with Crippen molar-refractivity contribution in [1.82, 2.24) is 0 Å². The summed E-state index contributed by atoms with van der Waals surface area (Å²) in [5.74, 6) is 6.20. The molecular weight excluding hydrogens is 292 g/mol. The molecule has 4 rings (SSSR count). The molecule has 0 spiro atoms. The van der Waals surface area contributed by atoms with Gasteiger partial charge in [0, 0.05) is 0 Å². The SMILES string of the molecule is OC1CCC(C(C2CCCCC2)C2CCCC3CCCCC32)CC1. The fourth-order valence-electron chi connectivity index (χ4n) is 7.56. The van der Waals surface area contributed by atoms with Gasteiger partial charge in [0.2, 0.25) is 0 Å². The average molecular weight is 333 g/mol. The predicted molar refractivity (Wildman–Crippen MR) is 101 cm³/mol. The minimum Gasteiger partial charge on any atom is -0.393 e. The van der Waals surface area contributed by atoms with Crippen molar-refractivity contribution in [2.24, 2.45) is 35.5 Å². The molecule has 0 aromatic rings. The Morgan fingerprint density at radius 2 is 1.17 bits per heavy atom. The molecule has 1 N–H and O–H groups in total. The van der Waals surface area contributed by atoms with Gasteiger partial charge < -0.3 is 5.11 Å². The summed E-state index contributed by atoms with van der Waals surface area (Å²) in [7, 11) is 0. The zero-order valence-electron chi connectivity index (χ0n) is 15.8. The number of aliphatic hydroxyl groups is 1. The highest BCUT2D eigenvalue weighted by atomic mass is 16.3. The van der Waals surface area contributed by atoms with E-state index in [1.807, 2.05) is 0 Å². The molecule has 4 atom stereocenters. The van der Waals surface area contributed by atoms with Crippen LogP contribution >= 0.6 is 0 Å². The highest BCUT2D eigenvalue weighted by Gasteiger charge is 2.44. The van der Waals surface area contributed by atoms with Crippen LogP contribution in [0, 0.1) is 35.5 Å². The van der Waals surface area contributed by atoms with Gasteiger partial charge in [0.05, 0.1) is 6.10 Å². The molecule has 0 aliphatic heterocycles. The third-order valence-electron chi connectivity index (χ3n) is 8.60. The first-order valence-electron chi connectivity index (χ1n) is 11.5. The molecule has 4 saturated carbocycles. The van der Waals surface area contributed by atoms with Gasteiger partial charge in [-0.2, -0.15) is 0 Å². The Hall–Kier alpha value is -0.0400. The minimum absolute atomic E-state index is 0.0158. The summed E-state index contributed by atoms with van der Waals surface area (Å²) in [6, 6.07) is 0. The fraction of sp³-hybridized carbons (Fsp3) is 1.00. The quantitative estimate of drug-likeness (QED) is 0.639. The van der Waals surface area contributed by atoms with E-state index >= 15 is 0 Å². The standard InChI is InChI=1S/C23H40O/c24-20-15-13-19(14-16-20)23(18-8-2-1-3-9-18)22-12-6-10-17-7-4-5-11-21(17)22/h17-24H,1-16H2. The average Bonchev–Trinajstić information content (AvgIpc) is 2.65. The van der Waals surface area contributed by atoms with Gasteiger partial charge in [0.1, 0.15) is 0 Å². The van der Waals surface area contributed by atoms with Crippen LogP contribution in [0.15, 0.2) is 0 Å². The number of fused-ring (bicyclic) bond motifs is 1. The van der Waals surface area contributed by atoms with E-state index in [0.717, 1.165) is 48.3 Å². The van der Waals surface area contributed by atoms with Crippen molar-refractivity contribution in [3.63, 3.8) is 0 Å². The van der Waals surface area contributed by atoms with Crippen LogP contribution in [-0.4, -0.2) is 11.2 Å². The summed E-state index contributed by atoms with van der Waals surface area (Å²) in [6.45, 7) is 0. The Morgan fingerprint density at radius 1 is 0.542 bits per heavy atom. The first-order chi connectivity index (χ1) is 11.8. The van der Waals surface area contributed by atoms with E-state index in [-0.39, 0.29) is 6.10 Å². The van der Waals surface area contributed by atoms with Crippen molar-refractivity contribution in [3.8, 4) is 0 Å². The Bertz CT molecular complexity index is 375. The van der Waals surface area contributed by atoms with Gasteiger partial charge in [-0.15, -0.1) is 0 Å². The summed E-state index contributed by atoms with van der Waals surface area (Å²) in [5, 5.41) is 10.0. The maximum absolute atomic E-state index is 10.0. The predicted octanol–water partition coefficient (Wildman–Crippen LogP) is 6.34. The van der Waals surface area contributed by atoms with E-state index in [1.165, 1.54) is 64.2 Å². The molecule has 0 aromatic heterocycles. The van der Waals surface area contributed by atoms with Gasteiger partial charge in [-0.3, -0.25) is 0 Å². The number of aliphatic hydroxyl groups excluding tert-OH is 1. The second-order valence-electron chi connectivity index (χ2n) is 9.85. The van der Waals surface area contributed by atoms with Crippen molar-refractivity contribution in [2.75, 3.05) is 0 Å². The van der Waals surface area contributed by atoms with Crippen molar-refractivity contribution >= 4 is 0 Å². The Balaban J connectivity index is 1.53. The van der Waals surface area contributed by atoms with Crippen LogP contribution in [0.5, 0.6) is 0 Å². The molecule has 0 heterocycles. The maximum Gasteiger partial charge on any atom is 0.0540 e. The molecule has 1 nitrogen and oxygen atoms in total. The zero-order valence-corrected chi connectivity index (χ0v) is 15.8. The van der Waals surface area contributed by atoms with E-state index in [2.05, 4.69) is 0 Å². The van der Waals surface area contributed by atoms with Gasteiger partial charge in [0.25, 0.3) is 0 Å². The smallest absolute Gasteiger partial charge is 0.0540 e. The third kappa shape index (κ3) is 3.71. The highest BCUT2D eigenvalue weighted by Crippen LogP contribution is 2.53. The second kappa shape index (κ2) is 8.11. The summed E-state index contributed by atoms with van der Waals surface area (Å²) >= 11 is 0. The highest BCUT2D eigenvalue weighted by molar-refractivity contribution is 4.94. The third-order valence-corrected chi connectivity index (χ3v) is 8.60. The number of hydrogen-bond acceptors (Lipinski definition) is 1. The van der Waals surface area contributed by atoms with Gasteiger partial charge in [-0.1, -0.05) is 64.2 Å². The van der Waals surface area contributed by atoms with Gasteiger partial charge >= 0.3 is 0 Å². The molecule has 4 aliphatic carbocycles. The van der Waals surface area contributed by atoms with Crippen molar-refractivity contribution < 1.29 is 5.11 Å². The van der Waals surface area contributed by atoms with Crippen molar-refractivity contribution in [1.29, 1.82) is 0 Å². The Morgan fingerprint density at radius 3 is 1.96 bits per heavy atom. The van der Waals surface area contributed by atoms with Crippen LogP contribution < -0.4 is 0 Å². The van der Waals surface area contributed by atoms with Crippen LogP contribution in [-0.2, 0) is 0 Å². The lowest BCUT2D eigenvalue weighted by Crippen LogP contribution is -2.42. The summed E-state index contributed by atoms with van der Waals surface area (Å²) in [4.78, 5) is 0. The summed E-state index contributed by atoms with van der Waals surface area (Å²) < 4.78 is 0. The number of hydrogen-bond donors (Lipinski definition) is 1. The van der Waals surface area contributed by atoms with E-state index in [4.69, 9.17) is 0 Å².